The van der Waals surface area contributed by atoms with Crippen LogP contribution in [-0.4, -0.2) is 89.1 Å². The molecule has 1 N–H and O–H groups in total. The van der Waals surface area contributed by atoms with Crippen LogP contribution in [0, 0.1) is 11.8 Å². The fourth-order valence-corrected chi connectivity index (χ4v) is 7.52. The lowest BCUT2D eigenvalue weighted by molar-refractivity contribution is -0.164. The zero-order valence-electron chi connectivity index (χ0n) is 26.8. The molecule has 7 atom stereocenters. The van der Waals surface area contributed by atoms with Crippen molar-refractivity contribution in [2.75, 3.05) is 31.6 Å². The first kappa shape index (κ1) is 34.3. The number of β-amino-alcohol motifs (C(OH)–C–C–N with tert-alkyl or cyclic N) is 1. The number of benzene rings is 2. The van der Waals surface area contributed by atoms with Gasteiger partial charge in [-0.15, -0.1) is 13.2 Å². The summed E-state index contributed by atoms with van der Waals surface area (Å²) in [5.41, 5.74) is -0.0220. The summed E-state index contributed by atoms with van der Waals surface area (Å²) in [6.07, 6.45) is 3.44. The number of likely N-dealkylation sites (N-methyl/N-ethyl adjacent to an activating group) is 1. The summed E-state index contributed by atoms with van der Waals surface area (Å²) in [6.45, 7) is 9.00. The summed E-state index contributed by atoms with van der Waals surface area (Å²) in [4.78, 5) is 60.3. The Labute approximate surface area is 280 Å². The Balaban J connectivity index is 1.47. The Morgan fingerprint density at radius 1 is 1.15 bits per heavy atom. The van der Waals surface area contributed by atoms with Gasteiger partial charge in [0.15, 0.2) is 0 Å². The quantitative estimate of drug-likeness (QED) is 0.236. The second kappa shape index (κ2) is 14.4. The third-order valence-electron chi connectivity index (χ3n) is 9.74. The number of halogens is 1. The molecule has 0 aliphatic carbocycles. The highest BCUT2D eigenvalue weighted by Crippen LogP contribution is 2.59. The summed E-state index contributed by atoms with van der Waals surface area (Å²) in [5, 5.41) is 10.5. The molecular formula is C36H42ClN3O7. The number of nitrogens with zero attached hydrogens (tertiary/aromatic N) is 3. The largest absolute Gasteiger partial charge is 0.455 e. The van der Waals surface area contributed by atoms with Gasteiger partial charge in [0.1, 0.15) is 17.7 Å². The standard InChI is InChI=1S/C36H42ClN3O7/c1-5-7-13-28(42)38(4)23(3)31(24-11-9-8-10-12-24)46-35(45)29-27-18-19-36(47-27)30(29)33(43)40(21-22-41)32(36)34(44)39(20-6-2)26-16-14-25(37)15-17-26/h5-6,8-12,14-17,23,27,29-32,41H,1-2,7,13,18-22H2,3-4H3/t23-,27-,29+,30+,31+,32-,36+/m0/s1. The molecule has 47 heavy (non-hydrogen) atoms. The number of aliphatic hydroxyl groups is 1. The van der Waals surface area contributed by atoms with Crippen LogP contribution in [0.4, 0.5) is 5.69 Å². The summed E-state index contributed by atoms with van der Waals surface area (Å²) < 4.78 is 12.8. The number of likely N-dealkylation sites (tertiary alicyclic amines) is 1. The number of ether oxygens (including phenoxy) is 2. The molecule has 3 fully saturated rings. The number of carbonyl (C=O) groups is 4. The van der Waals surface area contributed by atoms with Crippen molar-refractivity contribution < 1.29 is 33.8 Å². The fourth-order valence-electron chi connectivity index (χ4n) is 7.39. The van der Waals surface area contributed by atoms with E-state index in [1.165, 1.54) is 9.80 Å². The van der Waals surface area contributed by atoms with Crippen LogP contribution in [0.3, 0.4) is 0 Å². The van der Waals surface area contributed by atoms with Gasteiger partial charge in [-0.05, 0) is 56.0 Å². The molecule has 250 valence electrons. The maximum absolute atomic E-state index is 14.4. The van der Waals surface area contributed by atoms with E-state index in [0.717, 1.165) is 0 Å². The monoisotopic (exact) mass is 663 g/mol. The zero-order valence-corrected chi connectivity index (χ0v) is 27.6. The smallest absolute Gasteiger partial charge is 0.313 e. The Hall–Kier alpha value is -3.99. The number of carbonyl (C=O) groups excluding carboxylic acids is 4. The number of hydrogen-bond acceptors (Lipinski definition) is 7. The first-order valence-corrected chi connectivity index (χ1v) is 16.4. The Bertz CT molecular complexity index is 1500. The van der Waals surface area contributed by atoms with Gasteiger partial charge in [0.05, 0.1) is 30.6 Å². The Morgan fingerprint density at radius 2 is 1.85 bits per heavy atom. The van der Waals surface area contributed by atoms with E-state index in [1.807, 2.05) is 37.3 Å². The van der Waals surface area contributed by atoms with Crippen LogP contribution in [0.5, 0.6) is 0 Å². The first-order chi connectivity index (χ1) is 22.6. The highest BCUT2D eigenvalue weighted by molar-refractivity contribution is 6.30. The summed E-state index contributed by atoms with van der Waals surface area (Å²) in [6, 6.07) is 14.3. The number of hydrogen-bond donors (Lipinski definition) is 1. The molecule has 11 heteroatoms. The minimum absolute atomic E-state index is 0.104. The van der Waals surface area contributed by atoms with Gasteiger partial charge in [0.2, 0.25) is 11.8 Å². The average molecular weight is 664 g/mol. The van der Waals surface area contributed by atoms with Crippen molar-refractivity contribution in [2.24, 2.45) is 11.8 Å². The van der Waals surface area contributed by atoms with Crippen molar-refractivity contribution in [1.29, 1.82) is 0 Å². The topological polar surface area (TPSA) is 117 Å². The number of anilines is 1. The van der Waals surface area contributed by atoms with E-state index in [2.05, 4.69) is 13.2 Å². The SMILES string of the molecule is C=CCCC(=O)N(C)[C@@H](C)[C@@H](OC(=O)[C@@H]1[C@@H]2CC[C@]3(O2)[C@H](C(=O)N(CC=C)c2ccc(Cl)cc2)N(CCO)C(=O)[C@@H]13)c1ccccc1. The molecule has 3 aliphatic rings. The number of aliphatic hydroxyl groups excluding tert-OH is 1. The lowest BCUT2D eigenvalue weighted by Gasteiger charge is -2.36. The van der Waals surface area contributed by atoms with Crippen LogP contribution in [0.15, 0.2) is 79.9 Å². The molecule has 0 aromatic heterocycles. The fraction of sp³-hybridized carbons (Fsp3) is 0.444. The number of fused-ring (bicyclic) bond motifs is 1. The molecule has 10 nitrogen and oxygen atoms in total. The molecule has 0 unspecified atom stereocenters. The first-order valence-electron chi connectivity index (χ1n) is 16.0. The van der Waals surface area contributed by atoms with Gasteiger partial charge >= 0.3 is 5.97 Å². The van der Waals surface area contributed by atoms with Gasteiger partial charge in [0.25, 0.3) is 5.91 Å². The molecule has 0 radical (unpaired) electrons. The van der Waals surface area contributed by atoms with E-state index in [-0.39, 0.29) is 32.0 Å². The van der Waals surface area contributed by atoms with Crippen molar-refractivity contribution >= 4 is 41.0 Å². The number of rotatable bonds is 14. The van der Waals surface area contributed by atoms with E-state index in [4.69, 9.17) is 21.1 Å². The van der Waals surface area contributed by atoms with E-state index in [0.29, 0.717) is 35.5 Å². The third kappa shape index (κ3) is 6.34. The number of allylic oxidation sites excluding steroid dienone is 1. The van der Waals surface area contributed by atoms with Gasteiger partial charge in [-0.25, -0.2) is 0 Å². The van der Waals surface area contributed by atoms with E-state index < -0.39 is 59.5 Å². The maximum atomic E-state index is 14.4. The summed E-state index contributed by atoms with van der Waals surface area (Å²) in [7, 11) is 1.68. The van der Waals surface area contributed by atoms with Gasteiger partial charge in [-0.2, -0.15) is 0 Å². The van der Waals surface area contributed by atoms with Gasteiger partial charge in [-0.1, -0.05) is 54.1 Å². The van der Waals surface area contributed by atoms with Crippen molar-refractivity contribution in [1.82, 2.24) is 9.80 Å². The van der Waals surface area contributed by atoms with Crippen LogP contribution in [0.2, 0.25) is 5.02 Å². The molecule has 3 amide bonds. The second-order valence-electron chi connectivity index (χ2n) is 12.4. The average Bonchev–Trinajstić information content (AvgIpc) is 3.72. The normalized spacial score (nSPS) is 25.5. The molecule has 1 spiro atoms. The zero-order chi connectivity index (χ0) is 33.9. The van der Waals surface area contributed by atoms with Crippen LogP contribution in [0.25, 0.3) is 0 Å². The lowest BCUT2D eigenvalue weighted by Crippen LogP contribution is -2.56. The molecule has 0 saturated carbocycles. The van der Waals surface area contributed by atoms with Crippen molar-refractivity contribution in [3.8, 4) is 0 Å². The molecular weight excluding hydrogens is 622 g/mol. The minimum Gasteiger partial charge on any atom is -0.455 e. The molecule has 5 rings (SSSR count). The van der Waals surface area contributed by atoms with Crippen LogP contribution >= 0.6 is 11.6 Å². The number of esters is 1. The van der Waals surface area contributed by atoms with Gasteiger partial charge < -0.3 is 29.3 Å². The van der Waals surface area contributed by atoms with Crippen LogP contribution in [-0.2, 0) is 28.7 Å². The molecule has 3 saturated heterocycles. The summed E-state index contributed by atoms with van der Waals surface area (Å²) >= 11 is 6.11. The highest BCUT2D eigenvalue weighted by Gasteiger charge is 2.75. The molecule has 2 bridgehead atoms. The molecule has 3 aliphatic heterocycles. The van der Waals surface area contributed by atoms with Crippen molar-refractivity contribution in [3.63, 3.8) is 0 Å². The minimum atomic E-state index is -1.28. The lowest BCUT2D eigenvalue weighted by atomic mass is 9.70. The molecule has 2 aromatic carbocycles. The van der Waals surface area contributed by atoms with E-state index >= 15 is 0 Å². The maximum Gasteiger partial charge on any atom is 0.313 e. The van der Waals surface area contributed by atoms with E-state index in [9.17, 15) is 24.3 Å². The third-order valence-corrected chi connectivity index (χ3v) is 9.99. The Morgan fingerprint density at radius 3 is 2.49 bits per heavy atom. The highest BCUT2D eigenvalue weighted by atomic mass is 35.5. The van der Waals surface area contributed by atoms with Crippen LogP contribution in [0.1, 0.15) is 44.3 Å². The van der Waals surface area contributed by atoms with Crippen LogP contribution < -0.4 is 4.90 Å². The van der Waals surface area contributed by atoms with Crippen molar-refractivity contribution in [2.45, 2.75) is 62.5 Å². The molecule has 2 aromatic rings. The predicted octanol–water partition coefficient (Wildman–Crippen LogP) is 4.32. The van der Waals surface area contributed by atoms with Crippen molar-refractivity contribution in [3.05, 3.63) is 90.5 Å². The van der Waals surface area contributed by atoms with Gasteiger partial charge in [-0.3, -0.25) is 19.2 Å². The Kier molecular flexibility index (Phi) is 10.5. The second-order valence-corrected chi connectivity index (χ2v) is 12.8. The van der Waals surface area contributed by atoms with Gasteiger partial charge in [0, 0.05) is 37.3 Å². The predicted molar refractivity (Wildman–Crippen MR) is 177 cm³/mol. The summed E-state index contributed by atoms with van der Waals surface area (Å²) in [5.74, 6) is -3.53. The molecule has 3 heterocycles. The van der Waals surface area contributed by atoms with E-state index in [1.54, 1.807) is 48.4 Å². The number of amides is 3.